The van der Waals surface area contributed by atoms with E-state index in [1.165, 1.54) is 12.1 Å². The van der Waals surface area contributed by atoms with Crippen LogP contribution in [0.25, 0.3) is 0 Å². The lowest BCUT2D eigenvalue weighted by Gasteiger charge is -2.20. The van der Waals surface area contributed by atoms with Gasteiger partial charge in [0.2, 0.25) is 0 Å². The highest BCUT2D eigenvalue weighted by molar-refractivity contribution is 6.30. The predicted molar refractivity (Wildman–Crippen MR) is 69.5 cm³/mol. The zero-order valence-electron chi connectivity index (χ0n) is 10.5. The van der Waals surface area contributed by atoms with Gasteiger partial charge in [0, 0.05) is 11.1 Å². The molecule has 0 atom stereocenters. The van der Waals surface area contributed by atoms with Crippen LogP contribution in [0.5, 0.6) is 17.2 Å². The minimum Gasteiger partial charge on any atom is -0.508 e. The first-order valence-corrected chi connectivity index (χ1v) is 5.89. The summed E-state index contributed by atoms with van der Waals surface area (Å²) in [5, 5.41) is 29.2. The molecule has 100 valence electrons. The molecular formula is C15H10O5. The van der Waals surface area contributed by atoms with E-state index in [4.69, 9.17) is 0 Å². The van der Waals surface area contributed by atoms with E-state index >= 15 is 0 Å². The molecule has 3 N–H and O–H groups in total. The summed E-state index contributed by atoms with van der Waals surface area (Å²) < 4.78 is 0. The van der Waals surface area contributed by atoms with Crippen LogP contribution in [-0.4, -0.2) is 26.9 Å². The Morgan fingerprint density at radius 2 is 1.20 bits per heavy atom. The molecule has 0 aliphatic heterocycles. The van der Waals surface area contributed by atoms with Crippen molar-refractivity contribution in [1.29, 1.82) is 0 Å². The number of phenolic OH excluding ortho intramolecular Hbond substituents is 3. The summed E-state index contributed by atoms with van der Waals surface area (Å²) in [6.45, 7) is 1.60. The van der Waals surface area contributed by atoms with Crippen LogP contribution in [-0.2, 0) is 0 Å². The van der Waals surface area contributed by atoms with Crippen LogP contribution in [0.2, 0.25) is 0 Å². The van der Waals surface area contributed by atoms with Gasteiger partial charge in [-0.3, -0.25) is 9.59 Å². The maximum absolute atomic E-state index is 12.4. The van der Waals surface area contributed by atoms with Crippen LogP contribution in [0.15, 0.2) is 24.3 Å². The van der Waals surface area contributed by atoms with E-state index in [0.717, 1.165) is 12.1 Å². The van der Waals surface area contributed by atoms with Crippen molar-refractivity contribution in [3.05, 3.63) is 52.1 Å². The number of hydrogen-bond acceptors (Lipinski definition) is 5. The Morgan fingerprint density at radius 1 is 0.750 bits per heavy atom. The number of hydrogen-bond donors (Lipinski definition) is 3. The maximum Gasteiger partial charge on any atom is 0.198 e. The molecule has 0 aromatic heterocycles. The Balaban J connectivity index is 2.40. The predicted octanol–water partition coefficient (Wildman–Crippen LogP) is 1.89. The van der Waals surface area contributed by atoms with Crippen LogP contribution < -0.4 is 0 Å². The molecule has 0 fully saturated rings. The maximum atomic E-state index is 12.4. The van der Waals surface area contributed by atoms with Gasteiger partial charge in [-0.25, -0.2) is 0 Å². The highest BCUT2D eigenvalue weighted by atomic mass is 16.3. The van der Waals surface area contributed by atoms with Crippen molar-refractivity contribution in [2.24, 2.45) is 0 Å². The molecular weight excluding hydrogens is 260 g/mol. The first-order valence-electron chi connectivity index (χ1n) is 5.89. The van der Waals surface area contributed by atoms with Crippen molar-refractivity contribution >= 4 is 11.6 Å². The number of aromatic hydroxyl groups is 3. The van der Waals surface area contributed by atoms with Crippen LogP contribution in [0, 0.1) is 6.92 Å². The van der Waals surface area contributed by atoms with Crippen molar-refractivity contribution in [2.45, 2.75) is 6.92 Å². The molecule has 20 heavy (non-hydrogen) atoms. The van der Waals surface area contributed by atoms with Gasteiger partial charge in [-0.1, -0.05) is 0 Å². The Morgan fingerprint density at radius 3 is 1.70 bits per heavy atom. The summed E-state index contributed by atoms with van der Waals surface area (Å²) in [6.07, 6.45) is 0. The molecule has 0 radical (unpaired) electrons. The van der Waals surface area contributed by atoms with Gasteiger partial charge in [-0.05, 0) is 36.8 Å². The van der Waals surface area contributed by atoms with Gasteiger partial charge in [0.25, 0.3) is 0 Å². The van der Waals surface area contributed by atoms with Crippen molar-refractivity contribution in [1.82, 2.24) is 0 Å². The Bertz CT molecular complexity index is 723. The van der Waals surface area contributed by atoms with Gasteiger partial charge in [-0.15, -0.1) is 0 Å². The fraction of sp³-hybridized carbons (Fsp3) is 0.0667. The van der Waals surface area contributed by atoms with E-state index in [-0.39, 0.29) is 39.5 Å². The number of carbonyl (C=O) groups excluding carboxylic acids is 2. The second-order valence-corrected chi connectivity index (χ2v) is 4.70. The molecule has 0 spiro atoms. The molecule has 5 nitrogen and oxygen atoms in total. The first-order chi connectivity index (χ1) is 9.41. The molecule has 3 rings (SSSR count). The highest BCUT2D eigenvalue weighted by Crippen LogP contribution is 2.38. The van der Waals surface area contributed by atoms with E-state index < -0.39 is 11.6 Å². The second-order valence-electron chi connectivity index (χ2n) is 4.70. The monoisotopic (exact) mass is 270 g/mol. The van der Waals surface area contributed by atoms with Gasteiger partial charge < -0.3 is 15.3 Å². The van der Waals surface area contributed by atoms with Crippen LogP contribution in [0.4, 0.5) is 0 Å². The zero-order chi connectivity index (χ0) is 14.6. The SMILES string of the molecule is Cc1cc2c(cc1O)C(=O)c1c(O)ccc(O)c1C2=O. The topological polar surface area (TPSA) is 94.8 Å². The number of phenols is 3. The number of carbonyl (C=O) groups is 2. The van der Waals surface area contributed by atoms with Gasteiger partial charge >= 0.3 is 0 Å². The summed E-state index contributed by atoms with van der Waals surface area (Å²) in [4.78, 5) is 24.7. The van der Waals surface area contributed by atoms with Gasteiger partial charge in [0.05, 0.1) is 11.1 Å². The van der Waals surface area contributed by atoms with E-state index in [9.17, 15) is 24.9 Å². The van der Waals surface area contributed by atoms with E-state index in [1.807, 2.05) is 0 Å². The molecule has 2 aromatic rings. The third-order valence-electron chi connectivity index (χ3n) is 3.44. The smallest absolute Gasteiger partial charge is 0.198 e. The lowest BCUT2D eigenvalue weighted by Crippen LogP contribution is -2.21. The average Bonchev–Trinajstić information content (AvgIpc) is 2.41. The third-order valence-corrected chi connectivity index (χ3v) is 3.44. The number of aryl methyl sites for hydroxylation is 1. The van der Waals surface area contributed by atoms with Crippen molar-refractivity contribution < 1.29 is 24.9 Å². The average molecular weight is 270 g/mol. The van der Waals surface area contributed by atoms with E-state index in [0.29, 0.717) is 5.56 Å². The number of rotatable bonds is 0. The molecule has 0 bridgehead atoms. The Hall–Kier alpha value is -2.82. The van der Waals surface area contributed by atoms with Gasteiger partial charge in [0.15, 0.2) is 11.6 Å². The summed E-state index contributed by atoms with van der Waals surface area (Å²) in [7, 11) is 0. The summed E-state index contributed by atoms with van der Waals surface area (Å²) >= 11 is 0. The number of ketones is 2. The standard InChI is InChI=1S/C15H10O5/c1-6-4-7-8(5-11(6)18)15(20)13-10(17)3-2-9(16)12(13)14(7)19/h2-5,16-18H,1H3. The normalized spacial score (nSPS) is 13.1. The fourth-order valence-corrected chi connectivity index (χ4v) is 2.38. The van der Waals surface area contributed by atoms with Gasteiger partial charge in [-0.2, -0.15) is 0 Å². The highest BCUT2D eigenvalue weighted by Gasteiger charge is 2.34. The van der Waals surface area contributed by atoms with Crippen LogP contribution >= 0.6 is 0 Å². The summed E-state index contributed by atoms with van der Waals surface area (Å²) in [6, 6.07) is 4.92. The molecule has 5 heteroatoms. The largest absolute Gasteiger partial charge is 0.508 e. The minimum atomic E-state index is -0.599. The third kappa shape index (κ3) is 1.43. The molecule has 0 saturated heterocycles. The zero-order valence-corrected chi connectivity index (χ0v) is 10.5. The summed E-state index contributed by atoms with van der Waals surface area (Å²) in [5.74, 6) is -1.98. The second kappa shape index (κ2) is 3.84. The molecule has 0 heterocycles. The molecule has 1 aliphatic rings. The number of fused-ring (bicyclic) bond motifs is 2. The molecule has 1 aliphatic carbocycles. The molecule has 0 amide bonds. The Labute approximate surface area is 113 Å². The van der Waals surface area contributed by atoms with E-state index in [2.05, 4.69) is 0 Å². The van der Waals surface area contributed by atoms with Crippen LogP contribution in [0.1, 0.15) is 37.4 Å². The lowest BCUT2D eigenvalue weighted by atomic mass is 9.82. The van der Waals surface area contributed by atoms with Gasteiger partial charge in [0.1, 0.15) is 17.2 Å². The van der Waals surface area contributed by atoms with Crippen LogP contribution in [0.3, 0.4) is 0 Å². The fourth-order valence-electron chi connectivity index (χ4n) is 2.38. The van der Waals surface area contributed by atoms with Crippen molar-refractivity contribution in [2.75, 3.05) is 0 Å². The van der Waals surface area contributed by atoms with Crippen molar-refractivity contribution in [3.63, 3.8) is 0 Å². The molecule has 2 aromatic carbocycles. The number of benzene rings is 2. The first kappa shape index (κ1) is 12.2. The minimum absolute atomic E-state index is 0.0199. The molecule has 0 saturated carbocycles. The van der Waals surface area contributed by atoms with E-state index in [1.54, 1.807) is 6.92 Å². The van der Waals surface area contributed by atoms with Crippen molar-refractivity contribution in [3.8, 4) is 17.2 Å². The lowest BCUT2D eigenvalue weighted by molar-refractivity contribution is 0.0974. The Kier molecular flexibility index (Phi) is 2.34. The quantitative estimate of drug-likeness (QED) is 0.542. The molecule has 0 unspecified atom stereocenters. The summed E-state index contributed by atoms with van der Waals surface area (Å²) in [5.41, 5.74) is 0.150.